The first-order valence-electron chi connectivity index (χ1n) is 6.02. The molecular weight excluding hydrogens is 266 g/mol. The van der Waals surface area contributed by atoms with Crippen LogP contribution in [0.3, 0.4) is 0 Å². The maximum Gasteiger partial charge on any atom is 0.340 e. The predicted octanol–water partition coefficient (Wildman–Crippen LogP) is 2.64. The summed E-state index contributed by atoms with van der Waals surface area (Å²) in [5.74, 6) is -1.50. The number of benzene rings is 1. The summed E-state index contributed by atoms with van der Waals surface area (Å²) in [6, 6.07) is 7.14. The first kappa shape index (κ1) is 13.6. The molecule has 0 bridgehead atoms. The van der Waals surface area contributed by atoms with Crippen molar-refractivity contribution >= 4 is 23.4 Å². The molecule has 0 spiro atoms. The number of carboxylic acids is 1. The van der Waals surface area contributed by atoms with Crippen molar-refractivity contribution in [3.63, 3.8) is 0 Å². The van der Waals surface area contributed by atoms with E-state index in [0.717, 1.165) is 5.56 Å². The Morgan fingerprint density at radius 3 is 2.58 bits per heavy atom. The standard InChI is InChI=1S/C14H14ClNO3/c1-2-16-8-11(14(18)19)13(17)7-12(16)9-3-5-10(15)6-4-9/h3-6,8,12H,2,7H2,1H3,(H,18,19). The van der Waals surface area contributed by atoms with E-state index in [1.54, 1.807) is 12.1 Å². The van der Waals surface area contributed by atoms with Crippen LogP contribution in [0.2, 0.25) is 5.02 Å². The lowest BCUT2D eigenvalue weighted by Gasteiger charge is -2.33. The van der Waals surface area contributed by atoms with Gasteiger partial charge < -0.3 is 10.0 Å². The first-order valence-corrected chi connectivity index (χ1v) is 6.40. The molecular formula is C14H14ClNO3. The molecule has 1 N–H and O–H groups in total. The maximum absolute atomic E-state index is 11.8. The summed E-state index contributed by atoms with van der Waals surface area (Å²) >= 11 is 5.84. The van der Waals surface area contributed by atoms with Gasteiger partial charge in [0.15, 0.2) is 5.78 Å². The van der Waals surface area contributed by atoms with E-state index >= 15 is 0 Å². The largest absolute Gasteiger partial charge is 0.478 e. The second-order valence-electron chi connectivity index (χ2n) is 4.37. The molecule has 4 nitrogen and oxygen atoms in total. The molecule has 5 heteroatoms. The van der Waals surface area contributed by atoms with E-state index in [0.29, 0.717) is 11.6 Å². The van der Waals surface area contributed by atoms with Gasteiger partial charge in [0, 0.05) is 24.2 Å². The molecule has 2 rings (SSSR count). The Morgan fingerprint density at radius 1 is 1.42 bits per heavy atom. The van der Waals surface area contributed by atoms with Crippen LogP contribution in [0.25, 0.3) is 0 Å². The highest BCUT2D eigenvalue weighted by molar-refractivity contribution is 6.30. The minimum Gasteiger partial charge on any atom is -0.478 e. The van der Waals surface area contributed by atoms with Crippen LogP contribution in [0.5, 0.6) is 0 Å². The molecule has 0 saturated heterocycles. The van der Waals surface area contributed by atoms with Crippen LogP contribution < -0.4 is 0 Å². The van der Waals surface area contributed by atoms with Gasteiger partial charge >= 0.3 is 5.97 Å². The van der Waals surface area contributed by atoms with Gasteiger partial charge in [-0.1, -0.05) is 23.7 Å². The predicted molar refractivity (Wildman–Crippen MR) is 71.9 cm³/mol. The van der Waals surface area contributed by atoms with E-state index in [9.17, 15) is 9.59 Å². The smallest absolute Gasteiger partial charge is 0.340 e. The van der Waals surface area contributed by atoms with Gasteiger partial charge in [0.2, 0.25) is 0 Å². The Morgan fingerprint density at radius 2 is 2.05 bits per heavy atom. The van der Waals surface area contributed by atoms with Gasteiger partial charge in [-0.3, -0.25) is 4.79 Å². The fourth-order valence-electron chi connectivity index (χ4n) is 2.21. The number of nitrogens with zero attached hydrogens (tertiary/aromatic N) is 1. The van der Waals surface area contributed by atoms with E-state index in [1.807, 2.05) is 24.0 Å². The van der Waals surface area contributed by atoms with E-state index in [1.165, 1.54) is 6.20 Å². The number of halogens is 1. The quantitative estimate of drug-likeness (QED) is 0.864. The van der Waals surface area contributed by atoms with Crippen LogP contribution in [0.4, 0.5) is 0 Å². The zero-order chi connectivity index (χ0) is 14.0. The molecule has 0 radical (unpaired) electrons. The summed E-state index contributed by atoms with van der Waals surface area (Å²) in [7, 11) is 0. The SMILES string of the molecule is CCN1C=C(C(=O)O)C(=O)CC1c1ccc(Cl)cc1. The van der Waals surface area contributed by atoms with Crippen molar-refractivity contribution in [1.29, 1.82) is 0 Å². The highest BCUT2D eigenvalue weighted by atomic mass is 35.5. The summed E-state index contributed by atoms with van der Waals surface area (Å²) in [4.78, 5) is 24.7. The van der Waals surface area contributed by atoms with Gasteiger partial charge in [-0.05, 0) is 24.6 Å². The second-order valence-corrected chi connectivity index (χ2v) is 4.81. The molecule has 0 amide bonds. The topological polar surface area (TPSA) is 57.6 Å². The van der Waals surface area contributed by atoms with Crippen molar-refractivity contribution in [2.45, 2.75) is 19.4 Å². The second kappa shape index (κ2) is 5.45. The Balaban J connectivity index is 2.35. The summed E-state index contributed by atoms with van der Waals surface area (Å²) in [6.45, 7) is 2.56. The van der Waals surface area contributed by atoms with Gasteiger partial charge in [-0.25, -0.2) is 4.79 Å². The Bertz CT molecular complexity index is 536. The average Bonchev–Trinajstić information content (AvgIpc) is 2.39. The van der Waals surface area contributed by atoms with E-state index in [2.05, 4.69) is 0 Å². The van der Waals surface area contributed by atoms with Gasteiger partial charge in [0.1, 0.15) is 5.57 Å². The third kappa shape index (κ3) is 2.79. The fourth-order valence-corrected chi connectivity index (χ4v) is 2.34. The molecule has 1 unspecified atom stereocenters. The molecule has 1 aromatic carbocycles. The third-order valence-electron chi connectivity index (χ3n) is 3.22. The molecule has 0 aromatic heterocycles. The number of hydrogen-bond acceptors (Lipinski definition) is 3. The zero-order valence-corrected chi connectivity index (χ0v) is 11.2. The van der Waals surface area contributed by atoms with Crippen molar-refractivity contribution in [2.24, 2.45) is 0 Å². The Kier molecular flexibility index (Phi) is 3.90. The van der Waals surface area contributed by atoms with Crippen molar-refractivity contribution < 1.29 is 14.7 Å². The average molecular weight is 280 g/mol. The van der Waals surface area contributed by atoms with Crippen LogP contribution in [0, 0.1) is 0 Å². The van der Waals surface area contributed by atoms with E-state index in [4.69, 9.17) is 16.7 Å². The molecule has 0 aliphatic carbocycles. The number of carboxylic acid groups (broad SMARTS) is 1. The minimum atomic E-state index is -1.17. The number of ketones is 1. The molecule has 19 heavy (non-hydrogen) atoms. The van der Waals surface area contributed by atoms with Gasteiger partial charge in [0.05, 0.1) is 6.04 Å². The number of rotatable bonds is 3. The van der Waals surface area contributed by atoms with Gasteiger partial charge in [0.25, 0.3) is 0 Å². The molecule has 1 aromatic rings. The fraction of sp³-hybridized carbons (Fsp3) is 0.286. The van der Waals surface area contributed by atoms with Gasteiger partial charge in [-0.15, -0.1) is 0 Å². The van der Waals surface area contributed by atoms with Gasteiger partial charge in [-0.2, -0.15) is 0 Å². The Labute approximate surface area is 116 Å². The van der Waals surface area contributed by atoms with Crippen LogP contribution in [-0.4, -0.2) is 28.3 Å². The molecule has 100 valence electrons. The highest BCUT2D eigenvalue weighted by Gasteiger charge is 2.30. The third-order valence-corrected chi connectivity index (χ3v) is 3.48. The number of hydrogen-bond donors (Lipinski definition) is 1. The maximum atomic E-state index is 11.8. The number of Topliss-reactive ketones (excluding diaryl/α,β-unsaturated/α-hetero) is 1. The molecule has 1 aliphatic rings. The normalized spacial score (nSPS) is 19.3. The van der Waals surface area contributed by atoms with Crippen molar-refractivity contribution in [3.05, 3.63) is 46.6 Å². The molecule has 0 fully saturated rings. The lowest BCUT2D eigenvalue weighted by Crippen LogP contribution is -2.33. The summed E-state index contributed by atoms with van der Waals surface area (Å²) in [5.41, 5.74) is 0.812. The summed E-state index contributed by atoms with van der Waals surface area (Å²) in [6.07, 6.45) is 1.61. The van der Waals surface area contributed by atoms with E-state index in [-0.39, 0.29) is 23.8 Å². The lowest BCUT2D eigenvalue weighted by molar-refractivity contribution is -0.135. The van der Waals surface area contributed by atoms with Crippen LogP contribution in [-0.2, 0) is 9.59 Å². The number of carbonyl (C=O) groups excluding carboxylic acids is 1. The molecule has 1 atom stereocenters. The van der Waals surface area contributed by atoms with Crippen molar-refractivity contribution in [1.82, 2.24) is 4.90 Å². The molecule has 1 aliphatic heterocycles. The Hall–Kier alpha value is -1.81. The van der Waals surface area contributed by atoms with Crippen LogP contribution >= 0.6 is 11.6 Å². The van der Waals surface area contributed by atoms with Crippen LogP contribution in [0.1, 0.15) is 24.9 Å². The molecule has 1 heterocycles. The number of aliphatic carboxylic acids is 1. The van der Waals surface area contributed by atoms with Crippen molar-refractivity contribution in [2.75, 3.05) is 6.54 Å². The van der Waals surface area contributed by atoms with E-state index < -0.39 is 5.97 Å². The monoisotopic (exact) mass is 279 g/mol. The molecule has 0 saturated carbocycles. The lowest BCUT2D eigenvalue weighted by atomic mass is 9.93. The summed E-state index contributed by atoms with van der Waals surface area (Å²) < 4.78 is 0. The minimum absolute atomic E-state index is 0.127. The number of carbonyl (C=O) groups is 2. The van der Waals surface area contributed by atoms with Crippen molar-refractivity contribution in [3.8, 4) is 0 Å². The summed E-state index contributed by atoms with van der Waals surface area (Å²) in [5, 5.41) is 9.62. The first-order chi connectivity index (χ1) is 9.02. The zero-order valence-electron chi connectivity index (χ0n) is 10.5. The van der Waals surface area contributed by atoms with Crippen LogP contribution in [0.15, 0.2) is 36.0 Å². The highest BCUT2D eigenvalue weighted by Crippen LogP contribution is 2.31.